The molecule has 0 radical (unpaired) electrons. The number of esters is 2. The number of carbonyl (C=O) groups is 3. The number of hydrogen-bond acceptors (Lipinski definition) is 23. The van der Waals surface area contributed by atoms with E-state index in [1.54, 1.807) is 39.8 Å². The molecule has 8 rings (SSSR count). The van der Waals surface area contributed by atoms with Crippen molar-refractivity contribution in [2.24, 2.45) is 50.2 Å². The molecule has 81 heavy (non-hydrogen) atoms. The number of aliphatic carboxylic acids is 1. The lowest BCUT2D eigenvalue weighted by atomic mass is 9.32. The molecular weight excluding hydrogens is 1070 g/mol. The molecule has 0 spiro atoms. The van der Waals surface area contributed by atoms with E-state index in [4.69, 9.17) is 37.9 Å². The highest BCUT2D eigenvalue weighted by Gasteiger charge is 2.77. The molecule has 0 bridgehead atoms. The molecule has 24 nitrogen and oxygen atoms in total. The van der Waals surface area contributed by atoms with Gasteiger partial charge in [0.15, 0.2) is 31.1 Å². The Bertz CT molecular complexity index is 2410. The molecule has 0 aromatic heterocycles. The van der Waals surface area contributed by atoms with E-state index < -0.39 is 205 Å². The quantitative estimate of drug-likeness (QED) is 0.0415. The predicted molar refractivity (Wildman–Crippen MR) is 278 cm³/mol. The number of allylic oxidation sites excluding steroid dienone is 3. The van der Waals surface area contributed by atoms with E-state index in [1.165, 1.54) is 0 Å². The molecule has 24 heteroatoms. The summed E-state index contributed by atoms with van der Waals surface area (Å²) in [5.74, 6) is -4.48. The zero-order chi connectivity index (χ0) is 60.0. The second-order valence-corrected chi connectivity index (χ2v) is 25.9. The van der Waals surface area contributed by atoms with E-state index in [-0.39, 0.29) is 24.3 Å². The van der Waals surface area contributed by atoms with Crippen LogP contribution in [-0.2, 0) is 52.3 Å². The second kappa shape index (κ2) is 23.3. The first-order chi connectivity index (χ1) is 37.9. The number of fused-ring (bicyclic) bond motifs is 7. The number of rotatable bonds is 15. The van der Waals surface area contributed by atoms with Crippen LogP contribution in [-0.4, -0.2) is 227 Å². The summed E-state index contributed by atoms with van der Waals surface area (Å²) < 4.78 is 48.8. The van der Waals surface area contributed by atoms with Crippen LogP contribution in [0.15, 0.2) is 34.9 Å². The lowest BCUT2D eigenvalue weighted by Gasteiger charge is -2.73. The maximum Gasteiger partial charge on any atom is 0.335 e. The first-order valence-electron chi connectivity index (χ1n) is 28.3. The van der Waals surface area contributed by atoms with Gasteiger partial charge >= 0.3 is 17.9 Å². The summed E-state index contributed by atoms with van der Waals surface area (Å²) in [4.78, 5) is 40.4. The first kappa shape index (κ1) is 63.9. The lowest BCUT2D eigenvalue weighted by molar-refractivity contribution is -0.387. The SMILES string of the molecule is C/C=C(/C)C(=O)O[C@H]1[C@H](OC(=O)/C(C)=C\C)[C@@]2(CO)C(CC1(C)C)C1=CCC3[C@@]4(C)CCC(O[C@@H]5O[C@H](C(=O)O)[C@@H](O)[C@H](OC6O[C@@H](CO)[C@H](O)[C@H]6O)[C@H]5OC5O[C@H](CO)[C@H](O)[C@H](O)[C@H]5O)[C@](C)(CO)C4CC[C@@]3(C)[C@]1(C)[C@@H](O)[C@H]2O. The Morgan fingerprint density at radius 3 is 1.70 bits per heavy atom. The smallest absolute Gasteiger partial charge is 0.335 e. The number of carboxylic acid groups (broad SMARTS) is 1. The fourth-order valence-electron chi connectivity index (χ4n) is 16.2. The summed E-state index contributed by atoms with van der Waals surface area (Å²) in [6.45, 7) is 15.3. The number of ether oxygens (including phenoxy) is 8. The van der Waals surface area contributed by atoms with Crippen LogP contribution < -0.4 is 0 Å². The third-order valence-electron chi connectivity index (χ3n) is 21.5. The molecule has 6 unspecified atom stereocenters. The molecule has 4 saturated carbocycles. The molecule has 0 aromatic carbocycles. The van der Waals surface area contributed by atoms with Gasteiger partial charge in [-0.2, -0.15) is 0 Å². The van der Waals surface area contributed by atoms with Gasteiger partial charge in [-0.05, 0) is 94.8 Å². The summed E-state index contributed by atoms with van der Waals surface area (Å²) in [5, 5.41) is 146. The highest BCUT2D eigenvalue weighted by atomic mass is 16.8. The van der Waals surface area contributed by atoms with Crippen LogP contribution in [0, 0.1) is 50.2 Å². The summed E-state index contributed by atoms with van der Waals surface area (Å²) >= 11 is 0. The lowest BCUT2D eigenvalue weighted by Crippen LogP contribution is -2.76. The Balaban J connectivity index is 1.15. The zero-order valence-corrected chi connectivity index (χ0v) is 47.8. The number of carboxylic acids is 1. The summed E-state index contributed by atoms with van der Waals surface area (Å²) in [6, 6.07) is 0. The standard InChI is InChI=1S/C57H88O24/c1-11-24(3)47(72)80-44-45(81-48(73)25(4)12-2)57(23-61)27(19-52(44,5)6)26-13-14-31-53(7)17-16-32(54(8,22-60)30(53)15-18-55(31,9)56(26,10)42(68)43(57)69)76-51-41(79-50-37(66)35(64)33(62)28(20-58)74-50)39(38(67)40(78-51)46(70)71)77-49-36(65)34(63)29(21-59)75-49/h11-13,27-45,49-51,58-69H,14-23H2,1-10H3,(H,70,71)/b24-11-,25-12-/t27?,28-,29+,30?,31?,32?,33+,34+,35+,36-,37-,38+,39+,40+,41-,42+,43-,44+,45+,49?,50?,51-,53+,54-,55-,56+,57+/m1/s1. The zero-order valence-electron chi connectivity index (χ0n) is 47.8. The molecule has 27 atom stereocenters. The number of aliphatic hydroxyl groups excluding tert-OH is 12. The van der Waals surface area contributed by atoms with Crippen LogP contribution in [0.25, 0.3) is 0 Å². The van der Waals surface area contributed by atoms with E-state index in [1.807, 2.05) is 27.7 Å². The molecular formula is C57H88O24. The molecule has 3 heterocycles. The highest BCUT2D eigenvalue weighted by molar-refractivity contribution is 5.89. The van der Waals surface area contributed by atoms with Gasteiger partial charge in [-0.15, -0.1) is 0 Å². The van der Waals surface area contributed by atoms with Crippen molar-refractivity contribution < 1.29 is 119 Å². The third kappa shape index (κ3) is 9.98. The van der Waals surface area contributed by atoms with Crippen LogP contribution in [0.1, 0.15) is 108 Å². The maximum absolute atomic E-state index is 13.9. The minimum atomic E-state index is -2.18. The molecule has 13 N–H and O–H groups in total. The van der Waals surface area contributed by atoms with E-state index in [9.17, 15) is 80.8 Å². The van der Waals surface area contributed by atoms with Crippen molar-refractivity contribution >= 4 is 17.9 Å². The highest BCUT2D eigenvalue weighted by Crippen LogP contribution is 2.76. The normalized spacial score (nSPS) is 49.8. The summed E-state index contributed by atoms with van der Waals surface area (Å²) in [7, 11) is 0. The fourth-order valence-corrected chi connectivity index (χ4v) is 16.2. The Labute approximate surface area is 471 Å². The molecule has 3 saturated heterocycles. The van der Waals surface area contributed by atoms with Crippen molar-refractivity contribution in [1.82, 2.24) is 0 Å². The molecule has 7 fully saturated rings. The van der Waals surface area contributed by atoms with E-state index in [0.29, 0.717) is 31.3 Å². The average molecular weight is 1160 g/mol. The second-order valence-electron chi connectivity index (χ2n) is 25.9. The molecule has 3 aliphatic heterocycles. The van der Waals surface area contributed by atoms with Gasteiger partial charge in [-0.1, -0.05) is 65.3 Å². The average Bonchev–Trinajstić information content (AvgIpc) is 1.99. The molecule has 8 aliphatic rings. The molecule has 0 amide bonds. The molecule has 0 aromatic rings. The van der Waals surface area contributed by atoms with Crippen LogP contribution in [0.2, 0.25) is 0 Å². The van der Waals surface area contributed by atoms with Crippen molar-refractivity contribution in [1.29, 1.82) is 0 Å². The molecule has 5 aliphatic carbocycles. The van der Waals surface area contributed by atoms with Crippen molar-refractivity contribution in [2.75, 3.05) is 26.4 Å². The monoisotopic (exact) mass is 1160 g/mol. The van der Waals surface area contributed by atoms with E-state index in [2.05, 4.69) is 19.9 Å². The van der Waals surface area contributed by atoms with Crippen LogP contribution >= 0.6 is 0 Å². The Morgan fingerprint density at radius 1 is 0.630 bits per heavy atom. The summed E-state index contributed by atoms with van der Waals surface area (Å²) in [6.07, 6.45) is -25.7. The van der Waals surface area contributed by atoms with Gasteiger partial charge in [0.05, 0.1) is 50.2 Å². The maximum atomic E-state index is 13.9. The Kier molecular flexibility index (Phi) is 18.4. The van der Waals surface area contributed by atoms with Crippen LogP contribution in [0.5, 0.6) is 0 Å². The number of carbonyl (C=O) groups excluding carboxylic acids is 2. The van der Waals surface area contributed by atoms with Crippen molar-refractivity contribution in [3.63, 3.8) is 0 Å². The van der Waals surface area contributed by atoms with Gasteiger partial charge in [0.2, 0.25) is 0 Å². The fraction of sp³-hybridized carbons (Fsp3) is 0.842. The van der Waals surface area contributed by atoms with Gasteiger partial charge in [-0.25, -0.2) is 14.4 Å². The van der Waals surface area contributed by atoms with E-state index in [0.717, 1.165) is 5.57 Å². The van der Waals surface area contributed by atoms with E-state index >= 15 is 0 Å². The largest absolute Gasteiger partial charge is 0.479 e. The summed E-state index contributed by atoms with van der Waals surface area (Å²) in [5.41, 5.74) is -5.25. The Morgan fingerprint density at radius 2 is 1.17 bits per heavy atom. The minimum absolute atomic E-state index is 0.165. The topological polar surface area (TPSA) is 388 Å². The van der Waals surface area contributed by atoms with Crippen molar-refractivity contribution in [3.8, 4) is 0 Å². The van der Waals surface area contributed by atoms with Crippen LogP contribution in [0.3, 0.4) is 0 Å². The number of aliphatic hydroxyl groups is 12. The number of hydrogen-bond donors (Lipinski definition) is 13. The van der Waals surface area contributed by atoms with Gasteiger partial charge in [0.25, 0.3) is 0 Å². The minimum Gasteiger partial charge on any atom is -0.479 e. The van der Waals surface area contributed by atoms with Gasteiger partial charge < -0.3 is 104 Å². The third-order valence-corrected chi connectivity index (χ3v) is 21.5. The predicted octanol–water partition coefficient (Wildman–Crippen LogP) is -0.765. The van der Waals surface area contributed by atoms with Crippen molar-refractivity contribution in [2.45, 2.75) is 224 Å². The van der Waals surface area contributed by atoms with Crippen molar-refractivity contribution in [3.05, 3.63) is 34.9 Å². The van der Waals surface area contributed by atoms with Gasteiger partial charge in [0, 0.05) is 27.4 Å². The van der Waals surface area contributed by atoms with Gasteiger partial charge in [0.1, 0.15) is 67.1 Å². The van der Waals surface area contributed by atoms with Crippen LogP contribution in [0.4, 0.5) is 0 Å². The first-order valence-corrected chi connectivity index (χ1v) is 28.3. The molecule has 460 valence electrons. The van der Waals surface area contributed by atoms with Gasteiger partial charge in [-0.3, -0.25) is 0 Å². The Hall–Kier alpha value is -3.09.